The van der Waals surface area contributed by atoms with Crippen LogP contribution in [-0.4, -0.2) is 43.9 Å². The maximum atomic E-state index is 13.2. The average Bonchev–Trinajstić information content (AvgIpc) is 3.32. The Morgan fingerprint density at radius 3 is 2.85 bits per heavy atom. The van der Waals surface area contributed by atoms with Gasteiger partial charge in [-0.15, -0.1) is 0 Å². The first-order chi connectivity index (χ1) is 13.1. The second-order valence-corrected chi connectivity index (χ2v) is 7.01. The van der Waals surface area contributed by atoms with Crippen molar-refractivity contribution < 1.29 is 9.18 Å². The monoisotopic (exact) mass is 367 g/mol. The number of H-pyrrole nitrogens is 1. The highest BCUT2D eigenvalue weighted by atomic mass is 19.1. The molecule has 2 aromatic heterocycles. The van der Waals surface area contributed by atoms with Gasteiger partial charge < -0.3 is 4.90 Å². The highest BCUT2D eigenvalue weighted by Gasteiger charge is 2.28. The minimum absolute atomic E-state index is 0.0781. The first-order valence-corrected chi connectivity index (χ1v) is 9.17. The summed E-state index contributed by atoms with van der Waals surface area (Å²) in [5, 5.41) is 11.5. The van der Waals surface area contributed by atoms with E-state index in [9.17, 15) is 9.18 Å². The summed E-state index contributed by atoms with van der Waals surface area (Å²) in [4.78, 5) is 14.6. The summed E-state index contributed by atoms with van der Waals surface area (Å²) in [7, 11) is 0. The Bertz CT molecular complexity index is 930. The zero-order chi connectivity index (χ0) is 18.8. The van der Waals surface area contributed by atoms with Crippen molar-refractivity contribution in [3.63, 3.8) is 0 Å². The van der Waals surface area contributed by atoms with Crippen molar-refractivity contribution in [2.75, 3.05) is 13.1 Å². The van der Waals surface area contributed by atoms with Crippen LogP contribution in [0.15, 0.2) is 42.7 Å². The summed E-state index contributed by atoms with van der Waals surface area (Å²) >= 11 is 0. The molecule has 1 N–H and O–H groups in total. The van der Waals surface area contributed by atoms with Gasteiger partial charge in [-0.2, -0.15) is 10.2 Å². The molecule has 0 aliphatic carbocycles. The number of piperidine rings is 1. The van der Waals surface area contributed by atoms with Crippen LogP contribution >= 0.6 is 0 Å². The fourth-order valence-corrected chi connectivity index (χ4v) is 3.70. The van der Waals surface area contributed by atoms with E-state index >= 15 is 0 Å². The van der Waals surface area contributed by atoms with E-state index in [2.05, 4.69) is 15.3 Å². The molecule has 0 bridgehead atoms. The number of aryl methyl sites for hydroxylation is 1. The Hall–Kier alpha value is -2.96. The standard InChI is InChI=1S/C20H22FN5O/c1-14-8-9-23-26(14)13-19(27)25-10-2-3-16(12-25)20-18(11-22-24-20)15-4-6-17(21)7-5-15/h4-9,11,16H,2-3,10,12-13H2,1H3,(H,22,24). The Morgan fingerprint density at radius 2 is 2.11 bits per heavy atom. The summed E-state index contributed by atoms with van der Waals surface area (Å²) in [5.41, 5.74) is 3.88. The number of carbonyl (C=O) groups excluding carboxylic acids is 1. The van der Waals surface area contributed by atoms with Gasteiger partial charge in [0.05, 0.1) is 6.20 Å². The fraction of sp³-hybridized carbons (Fsp3) is 0.350. The van der Waals surface area contributed by atoms with Gasteiger partial charge in [0, 0.05) is 42.2 Å². The van der Waals surface area contributed by atoms with Crippen molar-refractivity contribution in [2.45, 2.75) is 32.2 Å². The van der Waals surface area contributed by atoms with E-state index in [1.54, 1.807) is 29.2 Å². The van der Waals surface area contributed by atoms with Gasteiger partial charge in [-0.25, -0.2) is 4.39 Å². The van der Waals surface area contributed by atoms with E-state index in [0.717, 1.165) is 41.9 Å². The quantitative estimate of drug-likeness (QED) is 0.770. The minimum atomic E-state index is -0.257. The predicted molar refractivity (Wildman–Crippen MR) is 99.5 cm³/mol. The van der Waals surface area contributed by atoms with Crippen LogP contribution in [0.3, 0.4) is 0 Å². The van der Waals surface area contributed by atoms with Crippen LogP contribution in [-0.2, 0) is 11.3 Å². The van der Waals surface area contributed by atoms with Crippen molar-refractivity contribution in [3.8, 4) is 11.1 Å². The number of likely N-dealkylation sites (tertiary alicyclic amines) is 1. The number of carbonyl (C=O) groups is 1. The van der Waals surface area contributed by atoms with Crippen LogP contribution in [0.4, 0.5) is 4.39 Å². The smallest absolute Gasteiger partial charge is 0.244 e. The molecule has 1 atom stereocenters. The number of hydrogen-bond donors (Lipinski definition) is 1. The van der Waals surface area contributed by atoms with E-state index in [1.165, 1.54) is 12.1 Å². The molecule has 140 valence electrons. The number of hydrogen-bond acceptors (Lipinski definition) is 3. The maximum absolute atomic E-state index is 13.2. The van der Waals surface area contributed by atoms with Gasteiger partial charge in [0.25, 0.3) is 0 Å². The fourth-order valence-electron chi connectivity index (χ4n) is 3.70. The van der Waals surface area contributed by atoms with Crippen LogP contribution in [0.5, 0.6) is 0 Å². The molecule has 1 saturated heterocycles. The third kappa shape index (κ3) is 3.63. The van der Waals surface area contributed by atoms with Crippen molar-refractivity contribution in [3.05, 3.63) is 59.9 Å². The SMILES string of the molecule is Cc1ccnn1CC(=O)N1CCCC(c2[nH]ncc2-c2ccc(F)cc2)C1. The van der Waals surface area contributed by atoms with Gasteiger partial charge in [-0.3, -0.25) is 14.6 Å². The average molecular weight is 367 g/mol. The first-order valence-electron chi connectivity index (χ1n) is 9.17. The number of nitrogens with zero attached hydrogens (tertiary/aromatic N) is 4. The topological polar surface area (TPSA) is 66.8 Å². The van der Waals surface area contributed by atoms with E-state index in [0.29, 0.717) is 6.54 Å². The molecule has 3 heterocycles. The predicted octanol–water partition coefficient (Wildman–Crippen LogP) is 3.13. The summed E-state index contributed by atoms with van der Waals surface area (Å²) < 4.78 is 15.0. The lowest BCUT2D eigenvalue weighted by atomic mass is 9.90. The Kier molecular flexibility index (Phi) is 4.75. The van der Waals surface area contributed by atoms with Crippen LogP contribution < -0.4 is 0 Å². The number of nitrogens with one attached hydrogen (secondary N) is 1. The molecule has 7 heteroatoms. The van der Waals surface area contributed by atoms with Gasteiger partial charge in [0.2, 0.25) is 5.91 Å². The van der Waals surface area contributed by atoms with E-state index < -0.39 is 0 Å². The van der Waals surface area contributed by atoms with Crippen molar-refractivity contribution in [1.29, 1.82) is 0 Å². The number of aromatic amines is 1. The molecule has 0 spiro atoms. The van der Waals surface area contributed by atoms with Crippen LogP contribution in [0, 0.1) is 12.7 Å². The lowest BCUT2D eigenvalue weighted by Crippen LogP contribution is -2.41. The van der Waals surface area contributed by atoms with Gasteiger partial charge in [0.15, 0.2) is 0 Å². The lowest BCUT2D eigenvalue weighted by Gasteiger charge is -2.33. The lowest BCUT2D eigenvalue weighted by molar-refractivity contribution is -0.133. The molecule has 1 aromatic carbocycles. The third-order valence-electron chi connectivity index (χ3n) is 5.22. The Labute approximate surface area is 157 Å². The first kappa shape index (κ1) is 17.5. The molecule has 1 aliphatic heterocycles. The number of aromatic nitrogens is 4. The third-order valence-corrected chi connectivity index (χ3v) is 5.22. The number of benzene rings is 1. The van der Waals surface area contributed by atoms with Gasteiger partial charge in [0.1, 0.15) is 12.4 Å². The summed E-state index contributed by atoms with van der Waals surface area (Å²) in [6, 6.07) is 8.32. The highest BCUT2D eigenvalue weighted by molar-refractivity contribution is 5.76. The number of amides is 1. The van der Waals surface area contributed by atoms with Crippen LogP contribution in [0.25, 0.3) is 11.1 Å². The normalized spacial score (nSPS) is 17.3. The molecular weight excluding hydrogens is 345 g/mol. The van der Waals surface area contributed by atoms with Gasteiger partial charge >= 0.3 is 0 Å². The maximum Gasteiger partial charge on any atom is 0.244 e. The van der Waals surface area contributed by atoms with Gasteiger partial charge in [-0.1, -0.05) is 12.1 Å². The summed E-state index contributed by atoms with van der Waals surface area (Å²) in [6.45, 7) is 3.61. The van der Waals surface area contributed by atoms with E-state index in [-0.39, 0.29) is 24.2 Å². The molecule has 1 fully saturated rings. The Balaban J connectivity index is 1.50. The molecule has 4 rings (SSSR count). The van der Waals surface area contributed by atoms with Crippen molar-refractivity contribution >= 4 is 5.91 Å². The molecule has 3 aromatic rings. The molecular formula is C20H22FN5O. The molecule has 1 unspecified atom stereocenters. The van der Waals surface area contributed by atoms with Crippen LogP contribution in [0.2, 0.25) is 0 Å². The molecule has 6 nitrogen and oxygen atoms in total. The summed E-state index contributed by atoms with van der Waals surface area (Å²) in [5.74, 6) is 0.00506. The number of rotatable bonds is 4. The van der Waals surface area contributed by atoms with Crippen molar-refractivity contribution in [2.24, 2.45) is 0 Å². The largest absolute Gasteiger partial charge is 0.340 e. The van der Waals surface area contributed by atoms with Gasteiger partial charge in [-0.05, 0) is 43.5 Å². The molecule has 27 heavy (non-hydrogen) atoms. The number of halogens is 1. The second kappa shape index (κ2) is 7.34. The van der Waals surface area contributed by atoms with E-state index in [4.69, 9.17) is 0 Å². The molecule has 0 radical (unpaired) electrons. The highest BCUT2D eigenvalue weighted by Crippen LogP contribution is 2.33. The zero-order valence-corrected chi connectivity index (χ0v) is 15.2. The minimum Gasteiger partial charge on any atom is -0.340 e. The molecule has 1 aliphatic rings. The molecule has 0 saturated carbocycles. The second-order valence-electron chi connectivity index (χ2n) is 7.01. The zero-order valence-electron chi connectivity index (χ0n) is 15.2. The Morgan fingerprint density at radius 1 is 1.30 bits per heavy atom. The van der Waals surface area contributed by atoms with E-state index in [1.807, 2.05) is 17.9 Å². The van der Waals surface area contributed by atoms with Crippen LogP contribution in [0.1, 0.15) is 30.1 Å². The summed E-state index contributed by atoms with van der Waals surface area (Å²) in [6.07, 6.45) is 5.41. The van der Waals surface area contributed by atoms with Crippen molar-refractivity contribution in [1.82, 2.24) is 24.9 Å². The molecule has 1 amide bonds.